The van der Waals surface area contributed by atoms with Gasteiger partial charge in [0.25, 0.3) is 0 Å². The Kier molecular flexibility index (Phi) is 4.21. The molecule has 3 aromatic rings. The summed E-state index contributed by atoms with van der Waals surface area (Å²) in [5, 5.41) is 0.979. The van der Waals surface area contributed by atoms with Crippen molar-refractivity contribution < 1.29 is 8.78 Å². The molecule has 0 bridgehead atoms. The van der Waals surface area contributed by atoms with Gasteiger partial charge < -0.3 is 0 Å². The average molecular weight is 400 g/mol. The monoisotopic (exact) mass is 398 g/mol. The maximum atomic E-state index is 13.3. The number of alkyl halides is 3. The normalized spacial score (nSPS) is 11.8. The van der Waals surface area contributed by atoms with Crippen molar-refractivity contribution in [1.29, 1.82) is 0 Å². The van der Waals surface area contributed by atoms with Crippen LogP contribution in [0.5, 0.6) is 0 Å². The molecule has 0 atom stereocenters. The predicted molar refractivity (Wildman–Crippen MR) is 90.3 cm³/mol. The quantitative estimate of drug-likeness (QED) is 0.598. The molecule has 0 aliphatic rings. The molecule has 0 aliphatic carbocycles. The molecule has 1 aromatic heterocycles. The summed E-state index contributed by atoms with van der Waals surface area (Å²) in [6.45, 7) is -0.813. The summed E-state index contributed by atoms with van der Waals surface area (Å²) in [6, 6.07) is 13.8. The van der Waals surface area contributed by atoms with Gasteiger partial charge in [-0.15, -0.1) is 0 Å². The Morgan fingerprint density at radius 1 is 1.17 bits per heavy atom. The summed E-state index contributed by atoms with van der Waals surface area (Å²) in [7, 11) is 0. The Hall–Kier alpha value is -1.79. The highest BCUT2D eigenvalue weighted by Gasteiger charge is 2.27. The SMILES string of the molecule is O=c1nc(-c2ccccc2)c2cc(Cl)ccc2n1CC(F)(F)Br. The average Bonchev–Trinajstić information content (AvgIpc) is 2.49. The third kappa shape index (κ3) is 3.43. The van der Waals surface area contributed by atoms with E-state index in [9.17, 15) is 13.6 Å². The summed E-state index contributed by atoms with van der Waals surface area (Å²) in [4.78, 5) is 13.0. The van der Waals surface area contributed by atoms with Gasteiger partial charge in [0.1, 0.15) is 6.54 Å². The van der Waals surface area contributed by atoms with Crippen LogP contribution in [0.25, 0.3) is 22.2 Å². The van der Waals surface area contributed by atoms with E-state index >= 15 is 0 Å². The van der Waals surface area contributed by atoms with E-state index in [0.717, 1.165) is 10.1 Å². The Bertz CT molecular complexity index is 923. The molecular weight excluding hydrogens is 390 g/mol. The molecule has 3 rings (SSSR count). The number of nitrogens with zero attached hydrogens (tertiary/aromatic N) is 2. The lowest BCUT2D eigenvalue weighted by atomic mass is 10.1. The van der Waals surface area contributed by atoms with Crippen LogP contribution in [0.2, 0.25) is 5.02 Å². The van der Waals surface area contributed by atoms with Gasteiger partial charge in [-0.05, 0) is 34.1 Å². The molecule has 23 heavy (non-hydrogen) atoms. The van der Waals surface area contributed by atoms with Crippen LogP contribution in [0.4, 0.5) is 8.78 Å². The lowest BCUT2D eigenvalue weighted by Crippen LogP contribution is -2.29. The van der Waals surface area contributed by atoms with Gasteiger partial charge in [-0.3, -0.25) is 4.57 Å². The number of hydrogen-bond donors (Lipinski definition) is 0. The standard InChI is InChI=1S/C16H10BrClF2N2O/c17-16(19,20)9-22-13-7-6-11(18)8-12(13)14(21-15(22)23)10-4-2-1-3-5-10/h1-8H,9H2. The molecule has 2 aromatic carbocycles. The molecule has 0 aliphatic heterocycles. The lowest BCUT2D eigenvalue weighted by molar-refractivity contribution is 0.0936. The summed E-state index contributed by atoms with van der Waals surface area (Å²) in [6.07, 6.45) is 0. The van der Waals surface area contributed by atoms with Gasteiger partial charge in [0, 0.05) is 16.0 Å². The first kappa shape index (κ1) is 16.1. The summed E-state index contributed by atoms with van der Waals surface area (Å²) in [5.74, 6) is 0. The first-order chi connectivity index (χ1) is 10.8. The lowest BCUT2D eigenvalue weighted by Gasteiger charge is -2.15. The van der Waals surface area contributed by atoms with E-state index < -0.39 is 17.1 Å². The Morgan fingerprint density at radius 2 is 1.87 bits per heavy atom. The number of rotatable bonds is 3. The molecule has 3 nitrogen and oxygen atoms in total. The molecule has 0 saturated carbocycles. The molecular formula is C16H10BrClF2N2O. The summed E-state index contributed by atoms with van der Waals surface area (Å²) < 4.78 is 27.6. The number of aromatic nitrogens is 2. The molecule has 0 saturated heterocycles. The molecule has 0 unspecified atom stereocenters. The molecule has 7 heteroatoms. The van der Waals surface area contributed by atoms with Crippen LogP contribution in [-0.2, 0) is 6.54 Å². The van der Waals surface area contributed by atoms with Crippen LogP contribution < -0.4 is 5.69 Å². The van der Waals surface area contributed by atoms with Gasteiger partial charge in [-0.1, -0.05) is 41.9 Å². The maximum absolute atomic E-state index is 13.3. The minimum Gasteiger partial charge on any atom is -0.285 e. The zero-order valence-corrected chi connectivity index (χ0v) is 14.0. The molecule has 0 fully saturated rings. The van der Waals surface area contributed by atoms with E-state index in [2.05, 4.69) is 20.9 Å². The zero-order chi connectivity index (χ0) is 16.6. The van der Waals surface area contributed by atoms with Crippen LogP contribution in [0, 0.1) is 0 Å². The number of hydrogen-bond acceptors (Lipinski definition) is 2. The highest BCUT2D eigenvalue weighted by Crippen LogP contribution is 2.30. The van der Waals surface area contributed by atoms with E-state index in [-0.39, 0.29) is 0 Å². The van der Waals surface area contributed by atoms with E-state index in [1.54, 1.807) is 30.3 Å². The van der Waals surface area contributed by atoms with Gasteiger partial charge in [0.05, 0.1) is 11.2 Å². The van der Waals surface area contributed by atoms with Gasteiger partial charge in [0.15, 0.2) is 0 Å². The van der Waals surface area contributed by atoms with Crippen molar-refractivity contribution >= 4 is 38.4 Å². The Balaban J connectivity index is 2.34. The Morgan fingerprint density at radius 3 is 2.52 bits per heavy atom. The van der Waals surface area contributed by atoms with E-state index in [1.807, 2.05) is 18.2 Å². The minimum absolute atomic E-state index is 0.354. The smallest absolute Gasteiger partial charge is 0.285 e. The minimum atomic E-state index is -3.21. The third-order valence-electron chi connectivity index (χ3n) is 3.33. The topological polar surface area (TPSA) is 34.9 Å². The number of halogens is 4. The van der Waals surface area contributed by atoms with Crippen LogP contribution in [0.3, 0.4) is 0 Å². The second-order valence-electron chi connectivity index (χ2n) is 4.97. The fourth-order valence-electron chi connectivity index (χ4n) is 2.40. The van der Waals surface area contributed by atoms with Crippen molar-refractivity contribution in [1.82, 2.24) is 9.55 Å². The van der Waals surface area contributed by atoms with Gasteiger partial charge in [-0.2, -0.15) is 13.8 Å². The molecule has 0 amide bonds. The summed E-state index contributed by atoms with van der Waals surface area (Å²) in [5.41, 5.74) is 0.752. The van der Waals surface area contributed by atoms with Gasteiger partial charge >= 0.3 is 10.5 Å². The largest absolute Gasteiger partial charge is 0.348 e. The van der Waals surface area contributed by atoms with Crippen molar-refractivity contribution in [3.05, 3.63) is 64.0 Å². The molecule has 0 N–H and O–H groups in total. The van der Waals surface area contributed by atoms with Crippen LogP contribution in [-0.4, -0.2) is 14.4 Å². The van der Waals surface area contributed by atoms with E-state index in [0.29, 0.717) is 21.6 Å². The van der Waals surface area contributed by atoms with E-state index in [1.165, 1.54) is 0 Å². The first-order valence-corrected chi connectivity index (χ1v) is 7.84. The summed E-state index contributed by atoms with van der Waals surface area (Å²) >= 11 is 8.30. The molecule has 0 spiro atoms. The second kappa shape index (κ2) is 6.02. The van der Waals surface area contributed by atoms with Crippen LogP contribution in [0.15, 0.2) is 53.3 Å². The fourth-order valence-corrected chi connectivity index (χ4v) is 2.82. The molecule has 118 valence electrons. The fraction of sp³-hybridized carbons (Fsp3) is 0.125. The van der Waals surface area contributed by atoms with Crippen molar-refractivity contribution in [2.75, 3.05) is 0 Å². The van der Waals surface area contributed by atoms with Crippen molar-refractivity contribution in [2.24, 2.45) is 0 Å². The van der Waals surface area contributed by atoms with Gasteiger partial charge in [0.2, 0.25) is 0 Å². The van der Waals surface area contributed by atoms with Crippen LogP contribution in [0.1, 0.15) is 0 Å². The maximum Gasteiger partial charge on any atom is 0.348 e. The second-order valence-corrected chi connectivity index (χ2v) is 6.57. The predicted octanol–water partition coefficient (Wildman–Crippen LogP) is 4.70. The highest BCUT2D eigenvalue weighted by molar-refractivity contribution is 9.09. The van der Waals surface area contributed by atoms with Crippen molar-refractivity contribution in [3.63, 3.8) is 0 Å². The van der Waals surface area contributed by atoms with Crippen molar-refractivity contribution in [2.45, 2.75) is 11.4 Å². The molecule has 0 radical (unpaired) electrons. The first-order valence-electron chi connectivity index (χ1n) is 6.67. The van der Waals surface area contributed by atoms with Crippen LogP contribution >= 0.6 is 27.5 Å². The Labute approximate surface area is 143 Å². The van der Waals surface area contributed by atoms with E-state index in [4.69, 9.17) is 11.6 Å². The highest BCUT2D eigenvalue weighted by atomic mass is 79.9. The van der Waals surface area contributed by atoms with Gasteiger partial charge in [-0.25, -0.2) is 4.79 Å². The number of fused-ring (bicyclic) bond motifs is 1. The van der Waals surface area contributed by atoms with Crippen molar-refractivity contribution in [3.8, 4) is 11.3 Å². The third-order valence-corrected chi connectivity index (χ3v) is 3.81. The number of benzene rings is 2. The zero-order valence-electron chi connectivity index (χ0n) is 11.6. The molecule has 1 heterocycles.